The Morgan fingerprint density at radius 3 is 2.33 bits per heavy atom. The van der Waals surface area contributed by atoms with Gasteiger partial charge in [0.1, 0.15) is 0 Å². The summed E-state index contributed by atoms with van der Waals surface area (Å²) in [6, 6.07) is 0. The summed E-state index contributed by atoms with van der Waals surface area (Å²) < 4.78 is 19.4. The second-order valence-electron chi connectivity index (χ2n) is 3.24. The van der Waals surface area contributed by atoms with E-state index in [0.29, 0.717) is 18.8 Å². The molecule has 0 atom stereocenters. The lowest BCUT2D eigenvalue weighted by atomic mass is 10.2. The molecule has 0 N–H and O–H groups in total. The molecule has 0 bridgehead atoms. The topological polar surface area (TPSA) is 52.6 Å². The summed E-state index contributed by atoms with van der Waals surface area (Å²) in [6.07, 6.45) is 3.68. The third-order valence-corrected chi connectivity index (χ3v) is 2.05. The SMILES string of the molecule is C=C(C)C(=O)OCCCCCCOP=O. The molecule has 86 valence electrons. The van der Waals surface area contributed by atoms with Gasteiger partial charge < -0.3 is 4.74 Å². The molecule has 0 fully saturated rings. The number of esters is 1. The molecule has 0 aliphatic carbocycles. The maximum absolute atomic E-state index is 10.9. The van der Waals surface area contributed by atoms with E-state index in [1.54, 1.807) is 6.92 Å². The number of ether oxygens (including phenoxy) is 1. The predicted octanol–water partition coefficient (Wildman–Crippen LogP) is 2.89. The Morgan fingerprint density at radius 1 is 1.20 bits per heavy atom. The number of carbonyl (C=O) groups excluding carboxylic acids is 1. The molecule has 0 saturated carbocycles. The van der Waals surface area contributed by atoms with Crippen LogP contribution in [-0.4, -0.2) is 19.2 Å². The number of hydrogen-bond donors (Lipinski definition) is 0. The van der Waals surface area contributed by atoms with E-state index in [-0.39, 0.29) is 14.7 Å². The van der Waals surface area contributed by atoms with E-state index in [4.69, 9.17) is 4.74 Å². The molecule has 0 aromatic carbocycles. The van der Waals surface area contributed by atoms with Gasteiger partial charge in [-0.2, -0.15) is 0 Å². The van der Waals surface area contributed by atoms with Gasteiger partial charge in [0.15, 0.2) is 0 Å². The molecule has 0 unspecified atom stereocenters. The lowest BCUT2D eigenvalue weighted by molar-refractivity contribution is -0.139. The summed E-state index contributed by atoms with van der Waals surface area (Å²) in [4.78, 5) is 10.9. The number of unbranched alkanes of at least 4 members (excludes halogenated alkanes) is 3. The molecule has 0 aromatic heterocycles. The summed E-state index contributed by atoms with van der Waals surface area (Å²) in [5.41, 5.74) is 0.429. The Balaban J connectivity index is 3.14. The molecular weight excluding hydrogens is 215 g/mol. The van der Waals surface area contributed by atoms with Crippen molar-refractivity contribution in [3.63, 3.8) is 0 Å². The zero-order valence-electron chi connectivity index (χ0n) is 9.03. The largest absolute Gasteiger partial charge is 0.462 e. The van der Waals surface area contributed by atoms with Gasteiger partial charge in [-0.15, -0.1) is 0 Å². The van der Waals surface area contributed by atoms with E-state index in [2.05, 4.69) is 11.1 Å². The first-order valence-corrected chi connectivity index (χ1v) is 5.68. The number of rotatable bonds is 9. The quantitative estimate of drug-likeness (QED) is 0.265. The normalized spacial score (nSPS) is 10.2. The minimum atomic E-state index is -0.330. The fourth-order valence-electron chi connectivity index (χ4n) is 0.948. The highest BCUT2D eigenvalue weighted by atomic mass is 31.1. The maximum Gasteiger partial charge on any atom is 0.333 e. The van der Waals surface area contributed by atoms with E-state index in [1.165, 1.54) is 0 Å². The van der Waals surface area contributed by atoms with Gasteiger partial charge in [0.25, 0.3) is 0 Å². The van der Waals surface area contributed by atoms with Crippen LogP contribution in [0.3, 0.4) is 0 Å². The molecule has 0 rings (SSSR count). The van der Waals surface area contributed by atoms with Crippen molar-refractivity contribution in [1.29, 1.82) is 0 Å². The van der Waals surface area contributed by atoms with E-state index in [0.717, 1.165) is 25.7 Å². The molecule has 0 aliphatic heterocycles. The zero-order chi connectivity index (χ0) is 11.5. The first-order chi connectivity index (χ1) is 7.18. The predicted molar refractivity (Wildman–Crippen MR) is 57.8 cm³/mol. The molecular formula is C10H17O4P. The van der Waals surface area contributed by atoms with Crippen molar-refractivity contribution in [2.75, 3.05) is 13.2 Å². The van der Waals surface area contributed by atoms with Crippen LogP contribution in [-0.2, 0) is 18.6 Å². The average molecular weight is 232 g/mol. The summed E-state index contributed by atoms with van der Waals surface area (Å²) in [7, 11) is -0.259. The van der Waals surface area contributed by atoms with Gasteiger partial charge >= 0.3 is 14.7 Å². The fraction of sp³-hybridized carbons (Fsp3) is 0.700. The molecule has 15 heavy (non-hydrogen) atoms. The van der Waals surface area contributed by atoms with Gasteiger partial charge in [-0.25, -0.2) is 9.36 Å². The first-order valence-electron chi connectivity index (χ1n) is 4.95. The van der Waals surface area contributed by atoms with Crippen molar-refractivity contribution < 1.29 is 18.6 Å². The first kappa shape index (κ1) is 14.3. The van der Waals surface area contributed by atoms with Gasteiger partial charge in [-0.1, -0.05) is 13.0 Å². The Labute approximate surface area is 91.9 Å². The zero-order valence-corrected chi connectivity index (χ0v) is 9.92. The van der Waals surface area contributed by atoms with Crippen LogP contribution in [0.5, 0.6) is 0 Å². The van der Waals surface area contributed by atoms with Crippen LogP contribution in [0.25, 0.3) is 0 Å². The van der Waals surface area contributed by atoms with E-state index in [9.17, 15) is 9.36 Å². The van der Waals surface area contributed by atoms with Crippen LogP contribution >= 0.6 is 8.69 Å². The molecule has 0 aliphatic rings. The van der Waals surface area contributed by atoms with Crippen molar-refractivity contribution in [2.24, 2.45) is 0 Å². The maximum atomic E-state index is 10.9. The molecule has 4 nitrogen and oxygen atoms in total. The lowest BCUT2D eigenvalue weighted by Crippen LogP contribution is -2.06. The van der Waals surface area contributed by atoms with Crippen LogP contribution < -0.4 is 0 Å². The van der Waals surface area contributed by atoms with E-state index in [1.807, 2.05) is 0 Å². The highest BCUT2D eigenvalue weighted by Gasteiger charge is 2.01. The molecule has 0 radical (unpaired) electrons. The summed E-state index contributed by atoms with van der Waals surface area (Å²) in [5.74, 6) is -0.330. The van der Waals surface area contributed by atoms with Gasteiger partial charge in [0.05, 0.1) is 13.2 Å². The highest BCUT2D eigenvalue weighted by molar-refractivity contribution is 7.17. The smallest absolute Gasteiger partial charge is 0.333 e. The molecule has 0 heterocycles. The standard InChI is InChI=1S/C10H17O4P/c1-9(2)10(11)13-7-5-3-4-6-8-14-15-12/h1,3-8H2,2H3. The molecule has 0 aromatic rings. The summed E-state index contributed by atoms with van der Waals surface area (Å²) >= 11 is 0. The van der Waals surface area contributed by atoms with Crippen molar-refractivity contribution in [2.45, 2.75) is 32.6 Å². The van der Waals surface area contributed by atoms with Gasteiger partial charge in [-0.3, -0.25) is 4.52 Å². The van der Waals surface area contributed by atoms with Crippen LogP contribution in [0.1, 0.15) is 32.6 Å². The lowest BCUT2D eigenvalue weighted by Gasteiger charge is -2.03. The van der Waals surface area contributed by atoms with Gasteiger partial charge in [-0.05, 0) is 26.2 Å². The second-order valence-corrected chi connectivity index (χ2v) is 3.65. The van der Waals surface area contributed by atoms with Gasteiger partial charge in [0, 0.05) is 5.57 Å². The van der Waals surface area contributed by atoms with E-state index < -0.39 is 0 Å². The van der Waals surface area contributed by atoms with Crippen LogP contribution in [0.2, 0.25) is 0 Å². The summed E-state index contributed by atoms with van der Waals surface area (Å²) in [6.45, 7) is 6.06. The van der Waals surface area contributed by atoms with Crippen LogP contribution in [0.15, 0.2) is 12.2 Å². The average Bonchev–Trinajstić information content (AvgIpc) is 2.21. The van der Waals surface area contributed by atoms with Crippen molar-refractivity contribution >= 4 is 14.7 Å². The minimum Gasteiger partial charge on any atom is -0.462 e. The van der Waals surface area contributed by atoms with E-state index >= 15 is 0 Å². The summed E-state index contributed by atoms with van der Waals surface area (Å²) in [5, 5.41) is 0. The Bertz CT molecular complexity index is 215. The van der Waals surface area contributed by atoms with Crippen LogP contribution in [0.4, 0.5) is 0 Å². The number of carbonyl (C=O) groups is 1. The molecule has 0 spiro atoms. The third kappa shape index (κ3) is 9.57. The van der Waals surface area contributed by atoms with Crippen molar-refractivity contribution in [1.82, 2.24) is 0 Å². The molecule has 0 amide bonds. The van der Waals surface area contributed by atoms with Crippen LogP contribution in [0, 0.1) is 0 Å². The Hall–Kier alpha value is -0.730. The van der Waals surface area contributed by atoms with Crippen molar-refractivity contribution in [3.05, 3.63) is 12.2 Å². The fourth-order valence-corrected chi connectivity index (χ4v) is 1.15. The number of hydrogen-bond acceptors (Lipinski definition) is 4. The van der Waals surface area contributed by atoms with Gasteiger partial charge in [0.2, 0.25) is 0 Å². The van der Waals surface area contributed by atoms with Crippen molar-refractivity contribution in [3.8, 4) is 0 Å². The monoisotopic (exact) mass is 232 g/mol. The third-order valence-electron chi connectivity index (χ3n) is 1.76. The highest BCUT2D eigenvalue weighted by Crippen LogP contribution is 2.04. The Morgan fingerprint density at radius 2 is 1.80 bits per heavy atom. The second kappa shape index (κ2) is 9.81. The minimum absolute atomic E-state index is 0.259. The Kier molecular flexibility index (Phi) is 9.33. The molecule has 0 saturated heterocycles. The molecule has 5 heteroatoms.